The molecule has 0 bridgehead atoms. The zero-order valence-electron chi connectivity index (χ0n) is 29.5. The number of tetrazole rings is 1. The monoisotopic (exact) mass is 671 g/mol. The van der Waals surface area contributed by atoms with Gasteiger partial charge in [-0.1, -0.05) is 39.0 Å². The number of nitrogens with zero attached hydrogens (tertiary/aromatic N) is 9. The number of likely N-dealkylation sites (tertiary alicyclic amines) is 1. The van der Waals surface area contributed by atoms with Crippen LogP contribution in [0.1, 0.15) is 83.0 Å². The summed E-state index contributed by atoms with van der Waals surface area (Å²) in [5.74, 6) is 0.0213. The van der Waals surface area contributed by atoms with Gasteiger partial charge in [-0.25, -0.2) is 9.78 Å². The average molecular weight is 672 g/mol. The summed E-state index contributed by atoms with van der Waals surface area (Å²) in [5, 5.41) is 17.4. The molecule has 2 amide bonds. The van der Waals surface area contributed by atoms with E-state index in [0.717, 1.165) is 23.1 Å². The second-order valence-corrected chi connectivity index (χ2v) is 13.5. The first-order chi connectivity index (χ1) is 23.3. The predicted molar refractivity (Wildman–Crippen MR) is 182 cm³/mol. The van der Waals surface area contributed by atoms with Crippen molar-refractivity contribution in [3.05, 3.63) is 59.9 Å². The van der Waals surface area contributed by atoms with E-state index in [0.29, 0.717) is 48.8 Å². The van der Waals surface area contributed by atoms with Gasteiger partial charge in [0, 0.05) is 43.9 Å². The van der Waals surface area contributed by atoms with E-state index in [1.165, 1.54) is 4.80 Å². The quantitative estimate of drug-likeness (QED) is 0.206. The average Bonchev–Trinajstić information content (AvgIpc) is 3.70. The largest absolute Gasteiger partial charge is 0.444 e. The fourth-order valence-corrected chi connectivity index (χ4v) is 5.67. The third-order valence-corrected chi connectivity index (χ3v) is 8.19. The lowest BCUT2D eigenvalue weighted by Gasteiger charge is -2.39. The topological polar surface area (TPSA) is 150 Å². The van der Waals surface area contributed by atoms with Crippen molar-refractivity contribution in [3.63, 3.8) is 0 Å². The molecule has 0 saturated carbocycles. The molecule has 0 N–H and O–H groups in total. The Balaban J connectivity index is 1.42. The van der Waals surface area contributed by atoms with Crippen molar-refractivity contribution in [1.82, 2.24) is 39.9 Å². The van der Waals surface area contributed by atoms with Crippen molar-refractivity contribution in [2.45, 2.75) is 85.6 Å². The molecule has 1 aromatic carbocycles. The molecular formula is C35H45N9O5. The van der Waals surface area contributed by atoms with Crippen molar-refractivity contribution in [2.75, 3.05) is 18.0 Å². The maximum absolute atomic E-state index is 14.3. The molecule has 1 aliphatic heterocycles. The molecule has 1 fully saturated rings. The highest BCUT2D eigenvalue weighted by atomic mass is 16.6. The van der Waals surface area contributed by atoms with Crippen LogP contribution in [0.4, 0.5) is 10.6 Å². The van der Waals surface area contributed by atoms with Gasteiger partial charge in [0.15, 0.2) is 0 Å². The van der Waals surface area contributed by atoms with E-state index in [9.17, 15) is 14.4 Å². The fraction of sp³-hybridized carbons (Fsp3) is 0.486. The van der Waals surface area contributed by atoms with Crippen molar-refractivity contribution < 1.29 is 23.9 Å². The van der Waals surface area contributed by atoms with Gasteiger partial charge in [-0.05, 0) is 75.1 Å². The summed E-state index contributed by atoms with van der Waals surface area (Å²) < 4.78 is 12.9. The number of aryl methyl sites for hydroxylation is 2. The molecule has 14 heteroatoms. The Labute approximate surface area is 286 Å². The van der Waals surface area contributed by atoms with Crippen molar-refractivity contribution in [2.24, 2.45) is 13.0 Å². The van der Waals surface area contributed by atoms with Crippen LogP contribution in [0.25, 0.3) is 22.6 Å². The molecule has 4 heterocycles. The number of hydrogen-bond donors (Lipinski definition) is 0. The summed E-state index contributed by atoms with van der Waals surface area (Å²) in [6.07, 6.45) is 4.20. The summed E-state index contributed by atoms with van der Waals surface area (Å²) >= 11 is 0. The Bertz CT molecular complexity index is 1790. The summed E-state index contributed by atoms with van der Waals surface area (Å²) in [4.78, 5) is 48.8. The van der Waals surface area contributed by atoms with Crippen LogP contribution in [0.2, 0.25) is 0 Å². The number of anilines is 1. The molecule has 0 radical (unpaired) electrons. The SMILES string of the molecule is CCC(OC(=O)C(C)C)n1nnc(-c2c(-c3ccc(C(=O)N(c4ncccc4C)[C@@H]4CCCN(C(=O)OC(C)(C)C)C4)cc3)cnn2C)n1. The summed E-state index contributed by atoms with van der Waals surface area (Å²) in [7, 11) is 1.78. The molecular weight excluding hydrogens is 626 g/mol. The Hall–Kier alpha value is -5.14. The van der Waals surface area contributed by atoms with Gasteiger partial charge in [-0.15, -0.1) is 15.0 Å². The zero-order chi connectivity index (χ0) is 35.5. The summed E-state index contributed by atoms with van der Waals surface area (Å²) in [5.41, 5.74) is 2.85. The minimum absolute atomic E-state index is 0.220. The molecule has 0 spiro atoms. The Morgan fingerprint density at radius 1 is 1.10 bits per heavy atom. The Morgan fingerprint density at radius 3 is 2.49 bits per heavy atom. The van der Waals surface area contributed by atoms with E-state index in [1.54, 1.807) is 59.9 Å². The molecule has 1 saturated heterocycles. The fourth-order valence-electron chi connectivity index (χ4n) is 5.67. The number of carbonyl (C=O) groups is 3. The van der Waals surface area contributed by atoms with E-state index >= 15 is 0 Å². The minimum Gasteiger partial charge on any atom is -0.444 e. The van der Waals surface area contributed by atoms with E-state index < -0.39 is 17.9 Å². The van der Waals surface area contributed by atoms with E-state index in [1.807, 2.05) is 58.9 Å². The van der Waals surface area contributed by atoms with Gasteiger partial charge in [0.25, 0.3) is 5.91 Å². The number of amides is 2. The number of rotatable bonds is 9. The first kappa shape index (κ1) is 35.2. The number of hydrogen-bond acceptors (Lipinski definition) is 10. The highest BCUT2D eigenvalue weighted by Gasteiger charge is 2.35. The van der Waals surface area contributed by atoms with E-state index in [2.05, 4.69) is 25.5 Å². The number of carbonyl (C=O) groups excluding carboxylic acids is 3. The van der Waals surface area contributed by atoms with Gasteiger partial charge in [-0.2, -0.15) is 5.10 Å². The summed E-state index contributed by atoms with van der Waals surface area (Å²) in [6, 6.07) is 10.7. The van der Waals surface area contributed by atoms with Crippen molar-refractivity contribution in [1.29, 1.82) is 0 Å². The van der Waals surface area contributed by atoms with Gasteiger partial charge in [0.1, 0.15) is 17.1 Å². The second kappa shape index (κ2) is 14.5. The highest BCUT2D eigenvalue weighted by molar-refractivity contribution is 6.06. The maximum Gasteiger partial charge on any atom is 0.410 e. The first-order valence-electron chi connectivity index (χ1n) is 16.6. The normalized spacial score (nSPS) is 15.6. The first-order valence-corrected chi connectivity index (χ1v) is 16.6. The van der Waals surface area contributed by atoms with Crippen LogP contribution in [-0.2, 0) is 21.3 Å². The molecule has 1 aliphatic rings. The Kier molecular flexibility index (Phi) is 10.4. The lowest BCUT2D eigenvalue weighted by molar-refractivity contribution is -0.159. The third-order valence-electron chi connectivity index (χ3n) is 8.19. The number of aromatic nitrogens is 7. The van der Waals surface area contributed by atoms with Gasteiger partial charge >= 0.3 is 12.1 Å². The van der Waals surface area contributed by atoms with Crippen LogP contribution < -0.4 is 4.90 Å². The molecule has 0 aliphatic carbocycles. The minimum atomic E-state index is -0.691. The summed E-state index contributed by atoms with van der Waals surface area (Å²) in [6.45, 7) is 13.7. The zero-order valence-corrected chi connectivity index (χ0v) is 29.5. The maximum atomic E-state index is 14.3. The Morgan fingerprint density at radius 2 is 1.84 bits per heavy atom. The molecule has 1 unspecified atom stereocenters. The number of piperidine rings is 1. The molecule has 260 valence electrons. The number of pyridine rings is 1. The standard InChI is InChI=1S/C35H45N9O5/c1-9-28(48-33(46)22(2)3)44-39-30(38-40-44)29-27(20-37-41(29)8)24-14-16-25(17-15-24)32(45)43(31-23(4)12-10-18-36-31)26-13-11-19-42(21-26)34(47)49-35(5,6)7/h10,12,14-18,20,22,26,28H,9,11,13,19,21H2,1-8H3/t26-,28?/m1/s1. The smallest absolute Gasteiger partial charge is 0.410 e. The number of benzene rings is 1. The van der Waals surface area contributed by atoms with Crippen LogP contribution in [-0.4, -0.2) is 82.6 Å². The van der Waals surface area contributed by atoms with E-state index in [4.69, 9.17) is 9.47 Å². The van der Waals surface area contributed by atoms with Gasteiger partial charge in [0.05, 0.1) is 18.2 Å². The molecule has 5 rings (SSSR count). The lowest BCUT2D eigenvalue weighted by atomic mass is 10.0. The molecule has 4 aromatic rings. The predicted octanol–water partition coefficient (Wildman–Crippen LogP) is 5.60. The highest BCUT2D eigenvalue weighted by Crippen LogP contribution is 2.32. The number of esters is 1. The van der Waals surface area contributed by atoms with Gasteiger partial charge < -0.3 is 14.4 Å². The molecule has 14 nitrogen and oxygen atoms in total. The third kappa shape index (κ3) is 7.95. The molecule has 49 heavy (non-hydrogen) atoms. The molecule has 2 atom stereocenters. The van der Waals surface area contributed by atoms with Crippen LogP contribution in [0.15, 0.2) is 48.8 Å². The van der Waals surface area contributed by atoms with Crippen LogP contribution in [0, 0.1) is 12.8 Å². The van der Waals surface area contributed by atoms with Crippen molar-refractivity contribution >= 4 is 23.8 Å². The van der Waals surface area contributed by atoms with Gasteiger partial charge in [-0.3, -0.25) is 19.2 Å². The van der Waals surface area contributed by atoms with Crippen LogP contribution in [0.5, 0.6) is 0 Å². The van der Waals surface area contributed by atoms with Crippen LogP contribution >= 0.6 is 0 Å². The van der Waals surface area contributed by atoms with Crippen LogP contribution in [0.3, 0.4) is 0 Å². The second-order valence-electron chi connectivity index (χ2n) is 13.5. The van der Waals surface area contributed by atoms with E-state index in [-0.39, 0.29) is 23.8 Å². The molecule has 3 aromatic heterocycles. The van der Waals surface area contributed by atoms with Crippen molar-refractivity contribution in [3.8, 4) is 22.6 Å². The number of ether oxygens (including phenoxy) is 2. The lowest BCUT2D eigenvalue weighted by Crippen LogP contribution is -2.53. The van der Waals surface area contributed by atoms with Gasteiger partial charge in [0.2, 0.25) is 12.1 Å².